The summed E-state index contributed by atoms with van der Waals surface area (Å²) >= 11 is 0. The number of rotatable bonds is 4. The lowest BCUT2D eigenvalue weighted by molar-refractivity contribution is 1.18. The van der Waals surface area contributed by atoms with Crippen molar-refractivity contribution in [3.8, 4) is 45.2 Å². The zero-order valence-corrected chi connectivity index (χ0v) is 30.6. The molecule has 8 aromatic carbocycles. The van der Waals surface area contributed by atoms with E-state index < -0.39 is 0 Å². The Morgan fingerprint density at radius 1 is 0.351 bits per heavy atom. The Hall–Kier alpha value is -7.76. The van der Waals surface area contributed by atoms with E-state index in [2.05, 4.69) is 168 Å². The van der Waals surface area contributed by atoms with Crippen LogP contribution in [0.4, 0.5) is 0 Å². The second-order valence-corrected chi connectivity index (χ2v) is 14.6. The van der Waals surface area contributed by atoms with Crippen LogP contribution in [0.5, 0.6) is 0 Å². The number of hydrogen-bond donors (Lipinski definition) is 0. The summed E-state index contributed by atoms with van der Waals surface area (Å²) in [7, 11) is 0. The first-order valence-electron chi connectivity index (χ1n) is 19.2. The van der Waals surface area contributed by atoms with Crippen molar-refractivity contribution in [2.24, 2.45) is 0 Å². The molecular weight excluding hydrogens is 695 g/mol. The summed E-state index contributed by atoms with van der Waals surface area (Å²) in [6.07, 6.45) is 2.03. The van der Waals surface area contributed by atoms with E-state index in [1.165, 1.54) is 32.3 Å². The van der Waals surface area contributed by atoms with E-state index >= 15 is 0 Å². The maximum atomic E-state index is 5.38. The number of fused-ring (bicyclic) bond motifs is 11. The minimum absolute atomic E-state index is 0.665. The molecule has 0 spiro atoms. The van der Waals surface area contributed by atoms with Crippen LogP contribution in [0.25, 0.3) is 116 Å². The predicted molar refractivity (Wildman–Crippen MR) is 235 cm³/mol. The van der Waals surface area contributed by atoms with Gasteiger partial charge in [-0.1, -0.05) is 152 Å². The summed E-state index contributed by atoms with van der Waals surface area (Å²) in [5, 5.41) is 11.7. The number of hydrogen-bond acceptors (Lipinski definition) is 4. The number of benzene rings is 8. The number of aromatic nitrogens is 5. The van der Waals surface area contributed by atoms with Gasteiger partial charge in [-0.15, -0.1) is 0 Å². The van der Waals surface area contributed by atoms with Crippen molar-refractivity contribution >= 4 is 70.7 Å². The molecule has 0 saturated carbocycles. The Morgan fingerprint density at radius 3 is 1.46 bits per heavy atom. The molecule has 0 aliphatic rings. The van der Waals surface area contributed by atoms with E-state index in [1.54, 1.807) is 0 Å². The number of pyridine rings is 2. The van der Waals surface area contributed by atoms with E-state index in [1.807, 2.05) is 24.4 Å². The van der Waals surface area contributed by atoms with Crippen molar-refractivity contribution in [2.75, 3.05) is 0 Å². The first-order valence-corrected chi connectivity index (χ1v) is 19.2. The molecule has 5 heteroatoms. The molecule has 12 rings (SSSR count). The standard InChI is InChI=1S/C52H31N5/c1-3-15-36-34(13-1)29-44(40-19-7-5-17-38(36)40)46-31-47(45-30-35-14-2-4-16-37(35)39-18-6-8-20-41(39)45)54-51(53-46)33-26-24-32(25-27-33)49-42-21-9-10-22-43(42)50-52(56-49)57-28-12-11-23-48(57)55-50/h1-31H. The van der Waals surface area contributed by atoms with Crippen LogP contribution in [0, 0.1) is 0 Å². The van der Waals surface area contributed by atoms with Gasteiger partial charge in [-0.25, -0.2) is 19.9 Å². The van der Waals surface area contributed by atoms with Gasteiger partial charge in [0.05, 0.1) is 17.1 Å². The second-order valence-electron chi connectivity index (χ2n) is 14.6. The van der Waals surface area contributed by atoms with Gasteiger partial charge >= 0.3 is 0 Å². The molecule has 0 saturated heterocycles. The molecule has 4 aromatic heterocycles. The highest BCUT2D eigenvalue weighted by Gasteiger charge is 2.19. The van der Waals surface area contributed by atoms with Crippen molar-refractivity contribution in [1.82, 2.24) is 24.3 Å². The Bertz CT molecular complexity index is 3450. The van der Waals surface area contributed by atoms with Gasteiger partial charge < -0.3 is 0 Å². The molecule has 264 valence electrons. The van der Waals surface area contributed by atoms with E-state index in [-0.39, 0.29) is 0 Å². The molecule has 0 atom stereocenters. The third-order valence-corrected chi connectivity index (χ3v) is 11.4. The minimum Gasteiger partial charge on any atom is -0.284 e. The van der Waals surface area contributed by atoms with Gasteiger partial charge in [0.15, 0.2) is 11.5 Å². The summed E-state index contributed by atoms with van der Waals surface area (Å²) in [6.45, 7) is 0. The second kappa shape index (κ2) is 12.4. The molecule has 0 bridgehead atoms. The van der Waals surface area contributed by atoms with Crippen LogP contribution in [0.15, 0.2) is 188 Å². The van der Waals surface area contributed by atoms with Crippen LogP contribution in [0.3, 0.4) is 0 Å². The number of nitrogens with zero attached hydrogens (tertiary/aromatic N) is 5. The topological polar surface area (TPSA) is 56.0 Å². The molecular formula is C52H31N5. The lowest BCUT2D eigenvalue weighted by Crippen LogP contribution is -1.98. The monoisotopic (exact) mass is 725 g/mol. The van der Waals surface area contributed by atoms with Gasteiger partial charge in [0.2, 0.25) is 0 Å². The zero-order chi connectivity index (χ0) is 37.5. The van der Waals surface area contributed by atoms with Crippen LogP contribution in [-0.4, -0.2) is 24.3 Å². The first-order chi connectivity index (χ1) is 28.2. The van der Waals surface area contributed by atoms with Gasteiger partial charge in [0.1, 0.15) is 11.2 Å². The summed E-state index contributed by atoms with van der Waals surface area (Å²) in [4.78, 5) is 21.0. The Kier molecular flexibility index (Phi) is 6.86. The van der Waals surface area contributed by atoms with Crippen molar-refractivity contribution < 1.29 is 0 Å². The smallest absolute Gasteiger partial charge is 0.165 e. The highest BCUT2D eigenvalue weighted by molar-refractivity contribution is 6.15. The van der Waals surface area contributed by atoms with Crippen LogP contribution in [0.2, 0.25) is 0 Å². The van der Waals surface area contributed by atoms with Crippen molar-refractivity contribution in [1.29, 1.82) is 0 Å². The van der Waals surface area contributed by atoms with Gasteiger partial charge in [0, 0.05) is 39.2 Å². The number of imidazole rings is 1. The molecule has 12 aromatic rings. The summed E-state index contributed by atoms with van der Waals surface area (Å²) in [5.41, 5.74) is 9.39. The average molecular weight is 726 g/mol. The van der Waals surface area contributed by atoms with Crippen LogP contribution >= 0.6 is 0 Å². The van der Waals surface area contributed by atoms with Crippen molar-refractivity contribution in [2.45, 2.75) is 0 Å². The normalized spacial score (nSPS) is 11.9. The molecule has 0 amide bonds. The maximum absolute atomic E-state index is 5.38. The molecule has 4 heterocycles. The lowest BCUT2D eigenvalue weighted by Gasteiger charge is -2.15. The van der Waals surface area contributed by atoms with Crippen LogP contribution < -0.4 is 0 Å². The summed E-state index contributed by atoms with van der Waals surface area (Å²) in [6, 6.07) is 64.2. The van der Waals surface area contributed by atoms with E-state index in [9.17, 15) is 0 Å². The molecule has 0 unspecified atom stereocenters. The van der Waals surface area contributed by atoms with Gasteiger partial charge in [0.25, 0.3) is 0 Å². The quantitative estimate of drug-likeness (QED) is 0.170. The predicted octanol–water partition coefficient (Wildman–Crippen LogP) is 13.1. The Morgan fingerprint density at radius 2 is 0.842 bits per heavy atom. The largest absolute Gasteiger partial charge is 0.284 e. The minimum atomic E-state index is 0.665. The molecule has 0 N–H and O–H groups in total. The highest BCUT2D eigenvalue weighted by atomic mass is 15.1. The third kappa shape index (κ3) is 4.96. The Labute approximate surface area is 327 Å². The fourth-order valence-corrected chi connectivity index (χ4v) is 8.71. The zero-order valence-electron chi connectivity index (χ0n) is 30.6. The fourth-order valence-electron chi connectivity index (χ4n) is 8.71. The summed E-state index contributed by atoms with van der Waals surface area (Å²) in [5.74, 6) is 0.665. The van der Waals surface area contributed by atoms with E-state index in [0.29, 0.717) is 5.82 Å². The molecule has 0 radical (unpaired) electrons. The first kappa shape index (κ1) is 31.6. The third-order valence-electron chi connectivity index (χ3n) is 11.4. The molecule has 57 heavy (non-hydrogen) atoms. The molecule has 0 fully saturated rings. The highest BCUT2D eigenvalue weighted by Crippen LogP contribution is 2.40. The SMILES string of the molecule is c1ccc2c(c1)cc(-c1cc(-c3cc4ccccc4c4ccccc34)nc(-c3ccc(-c4nc5c(nc6ccccn65)c5ccccc45)cc3)n1)c1ccccc12. The average Bonchev–Trinajstić information content (AvgIpc) is 3.67. The molecule has 0 aliphatic carbocycles. The van der Waals surface area contributed by atoms with Crippen LogP contribution in [-0.2, 0) is 0 Å². The summed E-state index contributed by atoms with van der Waals surface area (Å²) < 4.78 is 2.06. The van der Waals surface area contributed by atoms with E-state index in [0.717, 1.165) is 77.7 Å². The van der Waals surface area contributed by atoms with E-state index in [4.69, 9.17) is 19.9 Å². The van der Waals surface area contributed by atoms with Crippen molar-refractivity contribution in [3.05, 3.63) is 188 Å². The van der Waals surface area contributed by atoms with Gasteiger partial charge in [-0.2, -0.15) is 0 Å². The lowest BCUT2D eigenvalue weighted by atomic mass is 9.93. The molecule has 0 aliphatic heterocycles. The van der Waals surface area contributed by atoms with Gasteiger partial charge in [-0.3, -0.25) is 4.40 Å². The Balaban J connectivity index is 1.09. The van der Waals surface area contributed by atoms with Gasteiger partial charge in [-0.05, 0) is 73.4 Å². The molecule has 5 nitrogen and oxygen atoms in total. The fraction of sp³-hybridized carbons (Fsp3) is 0. The maximum Gasteiger partial charge on any atom is 0.165 e. The van der Waals surface area contributed by atoms with Crippen molar-refractivity contribution in [3.63, 3.8) is 0 Å². The van der Waals surface area contributed by atoms with Crippen LogP contribution in [0.1, 0.15) is 0 Å².